The zero-order chi connectivity index (χ0) is 20.1. The minimum absolute atomic E-state index is 0.0313. The summed E-state index contributed by atoms with van der Waals surface area (Å²) in [7, 11) is 0. The van der Waals surface area contributed by atoms with Gasteiger partial charge in [0.15, 0.2) is 0 Å². The number of nitrogens with zero attached hydrogens (tertiary/aromatic N) is 2. The summed E-state index contributed by atoms with van der Waals surface area (Å²) >= 11 is 0. The standard InChI is InChI=1S/C19H17N5O4/c20-16(21)11-4-6-12(7-5-11)19-23-17(24-28-19)13-2-1-3-14(10-13)18(27)22-9-8-15(25)26/h1-7,10H,8-9H2,(H3,20,21)(H,22,27)(H,25,26). The Morgan fingerprint density at radius 1 is 1.11 bits per heavy atom. The number of nitrogens with two attached hydrogens (primary N) is 1. The molecule has 9 nitrogen and oxygen atoms in total. The molecule has 0 radical (unpaired) electrons. The molecule has 142 valence electrons. The summed E-state index contributed by atoms with van der Waals surface area (Å²) in [6, 6.07) is 13.4. The first-order valence-corrected chi connectivity index (χ1v) is 8.33. The Hall–Kier alpha value is -4.01. The van der Waals surface area contributed by atoms with E-state index in [-0.39, 0.29) is 24.7 Å². The van der Waals surface area contributed by atoms with E-state index in [9.17, 15) is 9.59 Å². The Kier molecular flexibility index (Phi) is 5.45. The van der Waals surface area contributed by atoms with Gasteiger partial charge in [-0.25, -0.2) is 0 Å². The molecule has 1 heterocycles. The van der Waals surface area contributed by atoms with Crippen molar-refractivity contribution in [2.24, 2.45) is 5.73 Å². The lowest BCUT2D eigenvalue weighted by Gasteiger charge is -2.04. The van der Waals surface area contributed by atoms with E-state index in [1.54, 1.807) is 48.5 Å². The highest BCUT2D eigenvalue weighted by Crippen LogP contribution is 2.23. The van der Waals surface area contributed by atoms with Gasteiger partial charge in [-0.2, -0.15) is 4.98 Å². The topological polar surface area (TPSA) is 155 Å². The van der Waals surface area contributed by atoms with Crippen molar-refractivity contribution >= 4 is 17.7 Å². The lowest BCUT2D eigenvalue weighted by molar-refractivity contribution is -0.136. The van der Waals surface area contributed by atoms with Gasteiger partial charge in [-0.3, -0.25) is 15.0 Å². The van der Waals surface area contributed by atoms with Crippen molar-refractivity contribution in [3.63, 3.8) is 0 Å². The molecule has 5 N–H and O–H groups in total. The fourth-order valence-electron chi connectivity index (χ4n) is 2.43. The van der Waals surface area contributed by atoms with E-state index < -0.39 is 5.97 Å². The van der Waals surface area contributed by atoms with Crippen molar-refractivity contribution < 1.29 is 19.2 Å². The van der Waals surface area contributed by atoms with Crippen LogP contribution in [0.15, 0.2) is 53.1 Å². The molecule has 9 heteroatoms. The number of amidine groups is 1. The zero-order valence-corrected chi connectivity index (χ0v) is 14.7. The van der Waals surface area contributed by atoms with Crippen LogP contribution in [0.1, 0.15) is 22.3 Å². The third-order valence-corrected chi connectivity index (χ3v) is 3.88. The normalized spacial score (nSPS) is 10.4. The van der Waals surface area contributed by atoms with Gasteiger partial charge in [0, 0.05) is 28.8 Å². The molecular formula is C19H17N5O4. The second-order valence-corrected chi connectivity index (χ2v) is 5.89. The van der Waals surface area contributed by atoms with Crippen molar-refractivity contribution in [1.82, 2.24) is 15.5 Å². The van der Waals surface area contributed by atoms with Gasteiger partial charge >= 0.3 is 5.97 Å². The molecule has 0 saturated heterocycles. The highest BCUT2D eigenvalue weighted by atomic mass is 16.5. The van der Waals surface area contributed by atoms with Crippen molar-refractivity contribution in [1.29, 1.82) is 5.41 Å². The average molecular weight is 379 g/mol. The molecule has 0 atom stereocenters. The van der Waals surface area contributed by atoms with Crippen molar-refractivity contribution in [2.45, 2.75) is 6.42 Å². The molecular weight excluding hydrogens is 362 g/mol. The first-order chi connectivity index (χ1) is 13.4. The molecule has 0 unspecified atom stereocenters. The quantitative estimate of drug-likeness (QED) is 0.361. The van der Waals surface area contributed by atoms with Crippen molar-refractivity contribution in [3.05, 3.63) is 59.7 Å². The lowest BCUT2D eigenvalue weighted by atomic mass is 10.1. The minimum atomic E-state index is -0.982. The summed E-state index contributed by atoms with van der Waals surface area (Å²) in [5.41, 5.74) is 7.64. The average Bonchev–Trinajstić information content (AvgIpc) is 3.18. The maximum Gasteiger partial charge on any atom is 0.305 e. The third-order valence-electron chi connectivity index (χ3n) is 3.88. The number of aliphatic carboxylic acids is 1. The van der Waals surface area contributed by atoms with Gasteiger partial charge in [0.2, 0.25) is 5.82 Å². The van der Waals surface area contributed by atoms with Crippen LogP contribution >= 0.6 is 0 Å². The number of carbonyl (C=O) groups excluding carboxylic acids is 1. The number of nitrogens with one attached hydrogen (secondary N) is 2. The smallest absolute Gasteiger partial charge is 0.305 e. The Morgan fingerprint density at radius 2 is 1.86 bits per heavy atom. The van der Waals surface area contributed by atoms with Crippen LogP contribution in [0.5, 0.6) is 0 Å². The summed E-state index contributed by atoms with van der Waals surface area (Å²) in [6.07, 6.45) is -0.151. The summed E-state index contributed by atoms with van der Waals surface area (Å²) in [6.45, 7) is 0.0427. The highest BCUT2D eigenvalue weighted by molar-refractivity contribution is 5.96. The van der Waals surface area contributed by atoms with Crippen LogP contribution in [0.3, 0.4) is 0 Å². The Morgan fingerprint density at radius 3 is 2.54 bits per heavy atom. The summed E-state index contributed by atoms with van der Waals surface area (Å²) in [5, 5.41) is 22.5. The van der Waals surface area contributed by atoms with E-state index in [1.807, 2.05) is 0 Å². The first-order valence-electron chi connectivity index (χ1n) is 8.33. The molecule has 1 amide bonds. The summed E-state index contributed by atoms with van der Waals surface area (Å²) in [5.74, 6) is -0.792. The van der Waals surface area contributed by atoms with Crippen LogP contribution < -0.4 is 11.1 Å². The summed E-state index contributed by atoms with van der Waals surface area (Å²) in [4.78, 5) is 27.0. The molecule has 0 bridgehead atoms. The van der Waals surface area contributed by atoms with Crippen LogP contribution in [-0.2, 0) is 4.79 Å². The number of carboxylic acids is 1. The molecule has 0 aliphatic heterocycles. The Balaban J connectivity index is 1.77. The van der Waals surface area contributed by atoms with Gasteiger partial charge < -0.3 is 20.7 Å². The Labute approximate surface area is 159 Å². The van der Waals surface area contributed by atoms with E-state index >= 15 is 0 Å². The molecule has 0 saturated carbocycles. The number of nitrogen functional groups attached to an aromatic ring is 1. The predicted octanol–water partition coefficient (Wildman–Crippen LogP) is 1.89. The summed E-state index contributed by atoms with van der Waals surface area (Å²) < 4.78 is 5.29. The number of hydrogen-bond donors (Lipinski definition) is 4. The number of benzene rings is 2. The molecule has 28 heavy (non-hydrogen) atoms. The fraction of sp³-hybridized carbons (Fsp3) is 0.105. The molecule has 3 rings (SSSR count). The third kappa shape index (κ3) is 4.39. The number of aromatic nitrogens is 2. The number of amides is 1. The molecule has 3 aromatic rings. The van der Waals surface area contributed by atoms with Gasteiger partial charge in [0.25, 0.3) is 11.8 Å². The van der Waals surface area contributed by atoms with E-state index in [2.05, 4.69) is 15.5 Å². The molecule has 0 aliphatic rings. The van der Waals surface area contributed by atoms with E-state index in [0.717, 1.165) is 0 Å². The van der Waals surface area contributed by atoms with Crippen molar-refractivity contribution in [2.75, 3.05) is 6.54 Å². The molecule has 0 spiro atoms. The van der Waals surface area contributed by atoms with Gasteiger partial charge in [-0.1, -0.05) is 29.4 Å². The first kappa shape index (κ1) is 18.8. The number of hydrogen-bond acceptors (Lipinski definition) is 6. The second-order valence-electron chi connectivity index (χ2n) is 5.89. The number of rotatable bonds is 7. The molecule has 1 aromatic heterocycles. The fourth-order valence-corrected chi connectivity index (χ4v) is 2.43. The highest BCUT2D eigenvalue weighted by Gasteiger charge is 2.13. The van der Waals surface area contributed by atoms with Crippen LogP contribution in [0.2, 0.25) is 0 Å². The van der Waals surface area contributed by atoms with E-state index in [0.29, 0.717) is 34.0 Å². The second kappa shape index (κ2) is 8.12. The van der Waals surface area contributed by atoms with Crippen LogP contribution in [0.4, 0.5) is 0 Å². The Bertz CT molecular complexity index is 1030. The van der Waals surface area contributed by atoms with Crippen molar-refractivity contribution in [3.8, 4) is 22.8 Å². The maximum absolute atomic E-state index is 12.1. The van der Waals surface area contributed by atoms with E-state index in [1.165, 1.54) is 0 Å². The monoisotopic (exact) mass is 379 g/mol. The SMILES string of the molecule is N=C(N)c1ccc(-c2nc(-c3cccc(C(=O)NCCC(=O)O)c3)no2)cc1. The van der Waals surface area contributed by atoms with Gasteiger partial charge in [-0.15, -0.1) is 0 Å². The minimum Gasteiger partial charge on any atom is -0.481 e. The van der Waals surface area contributed by atoms with Crippen LogP contribution in [0.25, 0.3) is 22.8 Å². The molecule has 0 aliphatic carbocycles. The largest absolute Gasteiger partial charge is 0.481 e. The van der Waals surface area contributed by atoms with E-state index in [4.69, 9.17) is 20.8 Å². The van der Waals surface area contributed by atoms with Gasteiger partial charge in [0.05, 0.1) is 6.42 Å². The number of carbonyl (C=O) groups is 2. The molecule has 2 aromatic carbocycles. The maximum atomic E-state index is 12.1. The van der Waals surface area contributed by atoms with Gasteiger partial charge in [0.1, 0.15) is 5.84 Å². The molecule has 0 fully saturated rings. The zero-order valence-electron chi connectivity index (χ0n) is 14.7. The van der Waals surface area contributed by atoms with Gasteiger partial charge in [-0.05, 0) is 24.3 Å². The van der Waals surface area contributed by atoms with Crippen LogP contribution in [0, 0.1) is 5.41 Å². The number of carboxylic acid groups (broad SMARTS) is 1. The lowest BCUT2D eigenvalue weighted by Crippen LogP contribution is -2.25. The van der Waals surface area contributed by atoms with Crippen LogP contribution in [-0.4, -0.2) is 39.5 Å². The predicted molar refractivity (Wildman–Crippen MR) is 101 cm³/mol.